The number of benzene rings is 1. The summed E-state index contributed by atoms with van der Waals surface area (Å²) in [6, 6.07) is 3.51. The number of methoxy groups -OCH3 is 1. The highest BCUT2D eigenvalue weighted by atomic mass is 19.4. The summed E-state index contributed by atoms with van der Waals surface area (Å²) in [4.78, 5) is 24.0. The highest BCUT2D eigenvalue weighted by Crippen LogP contribution is 2.48. The Morgan fingerprint density at radius 1 is 1.23 bits per heavy atom. The van der Waals surface area contributed by atoms with Gasteiger partial charge in [0.15, 0.2) is 0 Å². The molecule has 140 valence electrons. The smallest absolute Gasteiger partial charge is 0.416 e. The predicted octanol–water partition coefficient (Wildman–Crippen LogP) is 2.85. The van der Waals surface area contributed by atoms with Crippen molar-refractivity contribution in [1.82, 2.24) is 5.32 Å². The number of ether oxygens (including phenoxy) is 1. The van der Waals surface area contributed by atoms with Crippen molar-refractivity contribution in [3.8, 4) is 5.75 Å². The fourth-order valence-corrected chi connectivity index (χ4v) is 3.92. The van der Waals surface area contributed by atoms with Gasteiger partial charge in [-0.2, -0.15) is 13.2 Å². The number of fused-ring (bicyclic) bond motifs is 2. The van der Waals surface area contributed by atoms with Crippen LogP contribution in [0.25, 0.3) is 0 Å². The van der Waals surface area contributed by atoms with Gasteiger partial charge in [-0.1, -0.05) is 18.2 Å². The molecule has 3 rings (SSSR count). The third-order valence-corrected chi connectivity index (χ3v) is 5.12. The Kier molecular flexibility index (Phi) is 4.68. The van der Waals surface area contributed by atoms with Crippen molar-refractivity contribution in [2.75, 3.05) is 7.11 Å². The molecule has 1 fully saturated rings. The average molecular weight is 369 g/mol. The molecule has 1 aromatic carbocycles. The molecule has 0 heterocycles. The molecule has 2 N–H and O–H groups in total. The average Bonchev–Trinajstić information content (AvgIpc) is 3.19. The van der Waals surface area contributed by atoms with Crippen molar-refractivity contribution in [2.45, 2.75) is 19.1 Å². The van der Waals surface area contributed by atoms with Gasteiger partial charge in [-0.3, -0.25) is 9.59 Å². The first-order chi connectivity index (χ1) is 12.2. The molecule has 2 aliphatic rings. The zero-order valence-corrected chi connectivity index (χ0v) is 13.9. The molecule has 0 radical (unpaired) electrons. The van der Waals surface area contributed by atoms with Gasteiger partial charge in [0.25, 0.3) is 0 Å². The van der Waals surface area contributed by atoms with Crippen LogP contribution < -0.4 is 10.1 Å². The summed E-state index contributed by atoms with van der Waals surface area (Å²) < 4.78 is 44.5. The topological polar surface area (TPSA) is 75.6 Å². The second kappa shape index (κ2) is 6.66. The molecule has 5 nitrogen and oxygen atoms in total. The van der Waals surface area contributed by atoms with Crippen LogP contribution in [-0.4, -0.2) is 24.1 Å². The number of carboxylic acid groups (broad SMARTS) is 1. The summed E-state index contributed by atoms with van der Waals surface area (Å²) in [5.74, 6) is -3.48. The number of carbonyl (C=O) groups is 2. The Morgan fingerprint density at radius 2 is 1.88 bits per heavy atom. The fourth-order valence-electron chi connectivity index (χ4n) is 3.92. The molecule has 0 spiro atoms. The molecule has 4 unspecified atom stereocenters. The molecule has 4 atom stereocenters. The highest BCUT2D eigenvalue weighted by Gasteiger charge is 2.51. The van der Waals surface area contributed by atoms with Crippen molar-refractivity contribution in [3.63, 3.8) is 0 Å². The van der Waals surface area contributed by atoms with E-state index in [4.69, 9.17) is 4.74 Å². The highest BCUT2D eigenvalue weighted by molar-refractivity contribution is 5.86. The molecular weight excluding hydrogens is 351 g/mol. The number of hydrogen-bond acceptors (Lipinski definition) is 3. The van der Waals surface area contributed by atoms with Gasteiger partial charge in [0.1, 0.15) is 5.75 Å². The minimum atomic E-state index is -4.59. The zero-order valence-electron chi connectivity index (χ0n) is 13.9. The van der Waals surface area contributed by atoms with Crippen LogP contribution in [0.3, 0.4) is 0 Å². The molecule has 1 aromatic rings. The molecule has 26 heavy (non-hydrogen) atoms. The Morgan fingerprint density at radius 3 is 2.46 bits per heavy atom. The first-order valence-corrected chi connectivity index (χ1v) is 8.15. The normalized spacial score (nSPS) is 26.8. The number of allylic oxidation sites excluding steroid dienone is 2. The number of hydrogen-bond donors (Lipinski definition) is 2. The van der Waals surface area contributed by atoms with E-state index in [1.54, 1.807) is 6.08 Å². The molecule has 8 heteroatoms. The number of carbonyl (C=O) groups excluding carboxylic acids is 1. The van der Waals surface area contributed by atoms with Crippen LogP contribution in [0.2, 0.25) is 0 Å². The first kappa shape index (κ1) is 18.3. The van der Waals surface area contributed by atoms with Crippen LogP contribution >= 0.6 is 0 Å². The summed E-state index contributed by atoms with van der Waals surface area (Å²) in [5.41, 5.74) is -0.989. The second-order valence-electron chi connectivity index (χ2n) is 6.58. The number of alkyl halides is 3. The van der Waals surface area contributed by atoms with Gasteiger partial charge in [-0.15, -0.1) is 0 Å². The van der Waals surface area contributed by atoms with Crippen LogP contribution in [-0.2, 0) is 22.3 Å². The van der Waals surface area contributed by atoms with E-state index < -0.39 is 35.5 Å². The van der Waals surface area contributed by atoms with E-state index in [2.05, 4.69) is 5.32 Å². The minimum Gasteiger partial charge on any atom is -0.497 e. The van der Waals surface area contributed by atoms with Crippen molar-refractivity contribution in [3.05, 3.63) is 41.5 Å². The number of amides is 1. The van der Waals surface area contributed by atoms with E-state index in [9.17, 15) is 27.9 Å². The van der Waals surface area contributed by atoms with E-state index in [1.807, 2.05) is 6.08 Å². The third-order valence-electron chi connectivity index (χ3n) is 5.12. The summed E-state index contributed by atoms with van der Waals surface area (Å²) in [5, 5.41) is 11.9. The lowest BCUT2D eigenvalue weighted by molar-refractivity contribution is -0.147. The van der Waals surface area contributed by atoms with Crippen molar-refractivity contribution < 1.29 is 32.6 Å². The zero-order chi connectivity index (χ0) is 19.1. The minimum absolute atomic E-state index is 0.0663. The number of nitrogens with one attached hydrogen (secondary N) is 1. The van der Waals surface area contributed by atoms with E-state index in [0.29, 0.717) is 6.42 Å². The Hall–Kier alpha value is -2.51. The van der Waals surface area contributed by atoms with E-state index in [1.165, 1.54) is 19.2 Å². The van der Waals surface area contributed by atoms with Gasteiger partial charge in [0.05, 0.1) is 24.5 Å². The number of halogens is 3. The lowest BCUT2D eigenvalue weighted by Gasteiger charge is -2.24. The van der Waals surface area contributed by atoms with Gasteiger partial charge in [-0.25, -0.2) is 0 Å². The van der Waals surface area contributed by atoms with E-state index >= 15 is 0 Å². The Labute approximate surface area is 147 Å². The van der Waals surface area contributed by atoms with Crippen LogP contribution in [0.5, 0.6) is 5.75 Å². The maximum Gasteiger partial charge on any atom is 0.416 e. The Bertz CT molecular complexity index is 759. The SMILES string of the molecule is COc1ccc(CNC(=O)C2C3C=CC(C3)C2C(=O)O)c(C(F)(F)F)c1. The summed E-state index contributed by atoms with van der Waals surface area (Å²) in [6.45, 7) is -0.332. The molecule has 0 saturated heterocycles. The van der Waals surface area contributed by atoms with Crippen LogP contribution in [0.15, 0.2) is 30.4 Å². The summed E-state index contributed by atoms with van der Waals surface area (Å²) in [6.07, 6.45) is -0.375. The number of rotatable bonds is 5. The van der Waals surface area contributed by atoms with Gasteiger partial charge in [0, 0.05) is 6.54 Å². The molecule has 1 saturated carbocycles. The van der Waals surface area contributed by atoms with Gasteiger partial charge in [0.2, 0.25) is 5.91 Å². The van der Waals surface area contributed by atoms with Gasteiger partial charge in [-0.05, 0) is 36.0 Å². The maximum atomic E-state index is 13.2. The number of aliphatic carboxylic acids is 1. The fraction of sp³-hybridized carbons (Fsp3) is 0.444. The lowest BCUT2D eigenvalue weighted by Crippen LogP contribution is -2.40. The molecule has 0 aliphatic heterocycles. The van der Waals surface area contributed by atoms with Crippen molar-refractivity contribution >= 4 is 11.9 Å². The molecule has 2 bridgehead atoms. The van der Waals surface area contributed by atoms with E-state index in [-0.39, 0.29) is 29.7 Å². The van der Waals surface area contributed by atoms with E-state index in [0.717, 1.165) is 6.07 Å². The lowest BCUT2D eigenvalue weighted by atomic mass is 9.82. The quantitative estimate of drug-likeness (QED) is 0.783. The van der Waals surface area contributed by atoms with Gasteiger partial charge >= 0.3 is 12.1 Å². The summed E-state index contributed by atoms with van der Waals surface area (Å²) >= 11 is 0. The van der Waals surface area contributed by atoms with Crippen LogP contribution in [0.4, 0.5) is 13.2 Å². The van der Waals surface area contributed by atoms with Crippen molar-refractivity contribution in [1.29, 1.82) is 0 Å². The molecular formula is C18H18F3NO4. The summed E-state index contributed by atoms with van der Waals surface area (Å²) in [7, 11) is 1.27. The molecule has 0 aromatic heterocycles. The maximum absolute atomic E-state index is 13.2. The second-order valence-corrected chi connectivity index (χ2v) is 6.58. The van der Waals surface area contributed by atoms with Gasteiger partial charge < -0.3 is 15.2 Å². The van der Waals surface area contributed by atoms with Crippen LogP contribution in [0, 0.1) is 23.7 Å². The first-order valence-electron chi connectivity index (χ1n) is 8.15. The third kappa shape index (κ3) is 3.27. The predicted molar refractivity (Wildman–Crippen MR) is 85.2 cm³/mol. The Balaban J connectivity index is 1.76. The monoisotopic (exact) mass is 369 g/mol. The molecule has 2 aliphatic carbocycles. The van der Waals surface area contributed by atoms with Crippen LogP contribution in [0.1, 0.15) is 17.5 Å². The van der Waals surface area contributed by atoms with Crippen molar-refractivity contribution in [2.24, 2.45) is 23.7 Å². The number of carboxylic acids is 1. The largest absolute Gasteiger partial charge is 0.497 e. The molecule has 1 amide bonds. The standard InChI is InChI=1S/C18H18F3NO4/c1-26-12-5-4-11(13(7-12)18(19,20)21)8-22-16(23)14-9-2-3-10(6-9)15(14)17(24)25/h2-5,7,9-10,14-15H,6,8H2,1H3,(H,22,23)(H,24,25).